The number of esters is 3. The van der Waals surface area contributed by atoms with Crippen LogP contribution >= 0.6 is 0 Å². The van der Waals surface area contributed by atoms with E-state index in [-0.39, 0.29) is 31.1 Å². The van der Waals surface area contributed by atoms with Crippen molar-refractivity contribution in [3.05, 3.63) is 0 Å². The fourth-order valence-corrected chi connectivity index (χ4v) is 8.34. The van der Waals surface area contributed by atoms with Gasteiger partial charge in [-0.25, -0.2) is 0 Å². The SMILES string of the molecule is CCCCCCCCCCCCCC(=O)OC[C@@H](COC(=O)CCCCCCCCCCC(C)C)OC(=O)CCCCCCCCCCCCCCCCCCCCC(C)C. The molecule has 362 valence electrons. The fourth-order valence-electron chi connectivity index (χ4n) is 8.34. The van der Waals surface area contributed by atoms with Crippen molar-refractivity contribution < 1.29 is 28.6 Å². The maximum atomic E-state index is 12.8. The zero-order chi connectivity index (χ0) is 44.7. The molecule has 6 nitrogen and oxygen atoms in total. The van der Waals surface area contributed by atoms with Gasteiger partial charge in [0.15, 0.2) is 6.10 Å². The molecular weight excluding hydrogens is 757 g/mol. The third-order valence-corrected chi connectivity index (χ3v) is 12.5. The van der Waals surface area contributed by atoms with E-state index in [1.165, 1.54) is 193 Å². The molecule has 0 aromatic rings. The molecule has 6 heteroatoms. The molecular formula is C55H106O6. The van der Waals surface area contributed by atoms with Crippen molar-refractivity contribution in [1.29, 1.82) is 0 Å². The summed E-state index contributed by atoms with van der Waals surface area (Å²) in [5, 5.41) is 0. The van der Waals surface area contributed by atoms with E-state index >= 15 is 0 Å². The van der Waals surface area contributed by atoms with Crippen molar-refractivity contribution in [3.8, 4) is 0 Å². The Morgan fingerprint density at radius 3 is 0.803 bits per heavy atom. The Labute approximate surface area is 380 Å². The maximum Gasteiger partial charge on any atom is 0.306 e. The Morgan fingerprint density at radius 1 is 0.311 bits per heavy atom. The summed E-state index contributed by atoms with van der Waals surface area (Å²) < 4.78 is 16.8. The highest BCUT2D eigenvalue weighted by Gasteiger charge is 2.19. The number of carbonyl (C=O) groups excluding carboxylic acids is 3. The zero-order valence-corrected chi connectivity index (χ0v) is 41.8. The molecule has 0 aromatic heterocycles. The minimum atomic E-state index is -0.761. The first-order chi connectivity index (χ1) is 29.7. The van der Waals surface area contributed by atoms with Gasteiger partial charge < -0.3 is 14.2 Å². The normalized spacial score (nSPS) is 12.0. The van der Waals surface area contributed by atoms with Crippen LogP contribution in [0.15, 0.2) is 0 Å². The van der Waals surface area contributed by atoms with Crippen molar-refractivity contribution >= 4 is 17.9 Å². The molecule has 0 rings (SSSR count). The monoisotopic (exact) mass is 863 g/mol. The smallest absolute Gasteiger partial charge is 0.306 e. The third kappa shape index (κ3) is 49.3. The van der Waals surface area contributed by atoms with Gasteiger partial charge in [-0.3, -0.25) is 14.4 Å². The second kappa shape index (κ2) is 47.9. The first-order valence-electron chi connectivity index (χ1n) is 27.2. The van der Waals surface area contributed by atoms with Gasteiger partial charge in [-0.05, 0) is 31.1 Å². The van der Waals surface area contributed by atoms with Gasteiger partial charge >= 0.3 is 17.9 Å². The summed E-state index contributed by atoms with van der Waals surface area (Å²) in [5.41, 5.74) is 0. The van der Waals surface area contributed by atoms with Gasteiger partial charge in [-0.15, -0.1) is 0 Å². The average Bonchev–Trinajstić information content (AvgIpc) is 3.23. The van der Waals surface area contributed by atoms with Crippen LogP contribution in [-0.4, -0.2) is 37.2 Å². The lowest BCUT2D eigenvalue weighted by Crippen LogP contribution is -2.30. The minimum absolute atomic E-state index is 0.0637. The average molecular weight is 863 g/mol. The summed E-state index contributed by atoms with van der Waals surface area (Å²) in [6.45, 7) is 11.4. The molecule has 0 aliphatic carbocycles. The number of rotatable bonds is 49. The van der Waals surface area contributed by atoms with E-state index < -0.39 is 6.10 Å². The Kier molecular flexibility index (Phi) is 46.6. The first-order valence-corrected chi connectivity index (χ1v) is 27.2. The minimum Gasteiger partial charge on any atom is -0.462 e. The van der Waals surface area contributed by atoms with Crippen LogP contribution in [0, 0.1) is 11.8 Å². The lowest BCUT2D eigenvalue weighted by molar-refractivity contribution is -0.167. The van der Waals surface area contributed by atoms with Crippen molar-refractivity contribution in [2.24, 2.45) is 11.8 Å². The summed E-state index contributed by atoms with van der Waals surface area (Å²) in [6.07, 6.45) is 49.6. The Balaban J connectivity index is 4.22. The molecule has 0 heterocycles. The van der Waals surface area contributed by atoms with Crippen LogP contribution in [-0.2, 0) is 28.6 Å². The first kappa shape index (κ1) is 59.4. The molecule has 0 aromatic carbocycles. The van der Waals surface area contributed by atoms with E-state index in [9.17, 15) is 14.4 Å². The summed E-state index contributed by atoms with van der Waals surface area (Å²) in [4.78, 5) is 37.9. The van der Waals surface area contributed by atoms with Crippen molar-refractivity contribution in [2.75, 3.05) is 13.2 Å². The Bertz CT molecular complexity index is 931. The molecule has 0 spiro atoms. The maximum absolute atomic E-state index is 12.8. The van der Waals surface area contributed by atoms with Crippen LogP contribution in [0.3, 0.4) is 0 Å². The zero-order valence-electron chi connectivity index (χ0n) is 41.8. The number of unbranched alkanes of at least 4 members (excludes halogenated alkanes) is 34. The fraction of sp³-hybridized carbons (Fsp3) is 0.945. The van der Waals surface area contributed by atoms with Gasteiger partial charge in [0.1, 0.15) is 13.2 Å². The van der Waals surface area contributed by atoms with Gasteiger partial charge in [-0.2, -0.15) is 0 Å². The van der Waals surface area contributed by atoms with Gasteiger partial charge in [-0.1, -0.05) is 266 Å². The molecule has 0 bridgehead atoms. The molecule has 0 aliphatic heterocycles. The molecule has 0 fully saturated rings. The van der Waals surface area contributed by atoms with Crippen LogP contribution in [0.2, 0.25) is 0 Å². The van der Waals surface area contributed by atoms with Crippen LogP contribution in [0.4, 0.5) is 0 Å². The van der Waals surface area contributed by atoms with E-state index in [2.05, 4.69) is 34.6 Å². The van der Waals surface area contributed by atoms with E-state index in [0.717, 1.165) is 69.6 Å². The van der Waals surface area contributed by atoms with E-state index in [1.54, 1.807) is 0 Å². The second-order valence-electron chi connectivity index (χ2n) is 19.8. The highest BCUT2D eigenvalue weighted by Crippen LogP contribution is 2.18. The summed E-state index contributed by atoms with van der Waals surface area (Å²) >= 11 is 0. The van der Waals surface area contributed by atoms with Gasteiger partial charge in [0, 0.05) is 19.3 Å². The number of carbonyl (C=O) groups is 3. The Morgan fingerprint density at radius 2 is 0.541 bits per heavy atom. The van der Waals surface area contributed by atoms with Crippen LogP contribution in [0.5, 0.6) is 0 Å². The number of ether oxygens (including phenoxy) is 3. The number of hydrogen-bond donors (Lipinski definition) is 0. The van der Waals surface area contributed by atoms with Crippen LogP contribution < -0.4 is 0 Å². The molecule has 0 aliphatic rings. The largest absolute Gasteiger partial charge is 0.462 e. The topological polar surface area (TPSA) is 78.9 Å². The van der Waals surface area contributed by atoms with Crippen LogP contribution in [0.25, 0.3) is 0 Å². The lowest BCUT2D eigenvalue weighted by atomic mass is 10.0. The van der Waals surface area contributed by atoms with E-state index in [1.807, 2.05) is 0 Å². The van der Waals surface area contributed by atoms with Crippen molar-refractivity contribution in [1.82, 2.24) is 0 Å². The van der Waals surface area contributed by atoms with Gasteiger partial charge in [0.25, 0.3) is 0 Å². The van der Waals surface area contributed by atoms with Crippen molar-refractivity contribution in [3.63, 3.8) is 0 Å². The Hall–Kier alpha value is -1.59. The second-order valence-corrected chi connectivity index (χ2v) is 19.8. The van der Waals surface area contributed by atoms with E-state index in [4.69, 9.17) is 14.2 Å². The molecule has 61 heavy (non-hydrogen) atoms. The standard InChI is InChI=1S/C55H106O6/c1-6-7-8-9-10-11-20-24-30-35-40-45-53(56)59-48-52(49-60-54(57)46-41-36-31-27-26-29-34-39-44-51(4)5)61-55(58)47-42-37-32-25-22-19-17-15-13-12-14-16-18-21-23-28-33-38-43-50(2)3/h50-52H,6-49H2,1-5H3/t52-/m0/s1. The summed E-state index contributed by atoms with van der Waals surface area (Å²) in [5.74, 6) is 0.807. The molecule has 1 atom stereocenters. The highest BCUT2D eigenvalue weighted by atomic mass is 16.6. The highest BCUT2D eigenvalue weighted by molar-refractivity contribution is 5.71. The predicted octanol–water partition coefficient (Wildman–Crippen LogP) is 17.7. The lowest BCUT2D eigenvalue weighted by Gasteiger charge is -2.18. The summed E-state index contributed by atoms with van der Waals surface area (Å²) in [6, 6.07) is 0. The van der Waals surface area contributed by atoms with Crippen molar-refractivity contribution in [2.45, 2.75) is 310 Å². The molecule has 0 N–H and O–H groups in total. The summed E-state index contributed by atoms with van der Waals surface area (Å²) in [7, 11) is 0. The molecule has 0 saturated heterocycles. The quantitative estimate of drug-likeness (QED) is 0.0344. The molecule has 0 amide bonds. The van der Waals surface area contributed by atoms with Crippen LogP contribution in [0.1, 0.15) is 304 Å². The number of hydrogen-bond acceptors (Lipinski definition) is 6. The predicted molar refractivity (Wildman–Crippen MR) is 261 cm³/mol. The molecule has 0 radical (unpaired) electrons. The van der Waals surface area contributed by atoms with Gasteiger partial charge in [0.05, 0.1) is 0 Å². The van der Waals surface area contributed by atoms with E-state index in [0.29, 0.717) is 19.3 Å². The molecule has 0 saturated carbocycles. The van der Waals surface area contributed by atoms with Gasteiger partial charge in [0.2, 0.25) is 0 Å². The third-order valence-electron chi connectivity index (χ3n) is 12.5. The molecule has 0 unspecified atom stereocenters.